The molecule has 1 aromatic carbocycles. The number of aryl methyl sites for hydroxylation is 1. The third-order valence-electron chi connectivity index (χ3n) is 6.82. The van der Waals surface area contributed by atoms with Crippen LogP contribution in [0.2, 0.25) is 10.0 Å². The lowest BCUT2D eigenvalue weighted by molar-refractivity contribution is 0.0343. The lowest BCUT2D eigenvalue weighted by Gasteiger charge is -2.26. The van der Waals surface area contributed by atoms with Crippen LogP contribution in [0.5, 0.6) is 5.75 Å². The van der Waals surface area contributed by atoms with E-state index in [1.165, 1.54) is 6.20 Å². The molecule has 2 aliphatic rings. The average Bonchev–Trinajstić information content (AvgIpc) is 3.45. The molecule has 9 nitrogen and oxygen atoms in total. The number of nitrogens with zero attached hydrogens (tertiary/aromatic N) is 2. The van der Waals surface area contributed by atoms with Crippen LogP contribution in [0, 0.1) is 12.3 Å². The van der Waals surface area contributed by atoms with Crippen LogP contribution in [-0.2, 0) is 9.47 Å². The zero-order valence-corrected chi connectivity index (χ0v) is 23.2. The molecule has 2 aliphatic heterocycles. The molecule has 0 amide bonds. The van der Waals surface area contributed by atoms with Crippen LogP contribution in [-0.4, -0.2) is 47.8 Å². The minimum Gasteiger partial charge on any atom is -0.471 e. The van der Waals surface area contributed by atoms with Crippen LogP contribution in [0.15, 0.2) is 42.7 Å². The van der Waals surface area contributed by atoms with Gasteiger partial charge in [0.2, 0.25) is 0 Å². The molecule has 0 aliphatic carbocycles. The van der Waals surface area contributed by atoms with Crippen LogP contribution in [0.1, 0.15) is 54.3 Å². The first kappa shape index (κ1) is 27.6. The molecule has 2 fully saturated rings. The third kappa shape index (κ3) is 6.62. The van der Waals surface area contributed by atoms with Crippen LogP contribution >= 0.6 is 23.2 Å². The van der Waals surface area contributed by atoms with Gasteiger partial charge in [-0.25, -0.2) is 4.98 Å². The topological polar surface area (TPSA) is 127 Å². The van der Waals surface area contributed by atoms with E-state index in [1.54, 1.807) is 25.3 Å². The standard InChI is InChI=1S/C28H32Cl2N6O3/c1-16-26(30)25(21(29)14-33-16)28(32)39-19-6-7-22(36-24-4-2-3-10-38-24)20(12-19)27(31)17-5-8-23(34-13-17)35-18-9-11-37-15-18/h5-8,12-14,18,24,28,31,36H,2-4,9-11,15,32H2,1H3,(H,34,35)/t18-,24?,28+/m1/s1. The molecule has 0 spiro atoms. The van der Waals surface area contributed by atoms with Crippen molar-refractivity contribution in [2.24, 2.45) is 5.73 Å². The molecule has 3 atom stereocenters. The highest BCUT2D eigenvalue weighted by molar-refractivity contribution is 6.36. The number of nitrogens with one attached hydrogen (secondary N) is 3. The van der Waals surface area contributed by atoms with Crippen LogP contribution in [0.4, 0.5) is 11.5 Å². The lowest BCUT2D eigenvalue weighted by Crippen LogP contribution is -2.28. The van der Waals surface area contributed by atoms with Gasteiger partial charge in [-0.3, -0.25) is 16.1 Å². The molecular formula is C28H32Cl2N6O3. The van der Waals surface area contributed by atoms with Crippen molar-refractivity contribution in [3.63, 3.8) is 0 Å². The summed E-state index contributed by atoms with van der Waals surface area (Å²) in [7, 11) is 0. The number of rotatable bonds is 9. The molecule has 2 aromatic heterocycles. The minimum atomic E-state index is -0.930. The fourth-order valence-corrected chi connectivity index (χ4v) is 5.20. The number of anilines is 2. The molecule has 39 heavy (non-hydrogen) atoms. The molecule has 0 saturated carbocycles. The maximum Gasteiger partial charge on any atom is 0.177 e. The van der Waals surface area contributed by atoms with Crippen molar-refractivity contribution >= 4 is 40.4 Å². The first-order valence-corrected chi connectivity index (χ1v) is 13.8. The summed E-state index contributed by atoms with van der Waals surface area (Å²) in [6, 6.07) is 9.46. The number of halogens is 2. The smallest absolute Gasteiger partial charge is 0.177 e. The highest BCUT2D eigenvalue weighted by Crippen LogP contribution is 2.34. The molecule has 0 bridgehead atoms. The summed E-state index contributed by atoms with van der Waals surface area (Å²) in [5.41, 5.74) is 9.77. The van der Waals surface area contributed by atoms with Gasteiger partial charge in [-0.1, -0.05) is 23.2 Å². The van der Waals surface area contributed by atoms with Gasteiger partial charge in [0.25, 0.3) is 0 Å². The summed E-state index contributed by atoms with van der Waals surface area (Å²) in [6.07, 6.45) is 6.10. The summed E-state index contributed by atoms with van der Waals surface area (Å²) in [6.45, 7) is 3.90. The Kier molecular flexibility index (Phi) is 8.84. The summed E-state index contributed by atoms with van der Waals surface area (Å²) < 4.78 is 17.4. The largest absolute Gasteiger partial charge is 0.471 e. The molecule has 5 N–H and O–H groups in total. The van der Waals surface area contributed by atoms with Gasteiger partial charge in [-0.2, -0.15) is 0 Å². The molecule has 1 unspecified atom stereocenters. The van der Waals surface area contributed by atoms with E-state index in [0.717, 1.165) is 43.8 Å². The SMILES string of the molecule is Cc1ncc(Cl)c([C@@H](N)Oc2ccc(NC3CCCCO3)c(C(=N)c3ccc(N[C@@H]4CCOC4)nc3)c2)c1Cl. The van der Waals surface area contributed by atoms with Crippen LogP contribution in [0.25, 0.3) is 0 Å². The molecular weight excluding hydrogens is 539 g/mol. The van der Waals surface area contributed by atoms with Gasteiger partial charge in [0.1, 0.15) is 17.8 Å². The highest BCUT2D eigenvalue weighted by Gasteiger charge is 2.22. The van der Waals surface area contributed by atoms with Crippen molar-refractivity contribution in [1.29, 1.82) is 5.41 Å². The zero-order valence-electron chi connectivity index (χ0n) is 21.7. The van der Waals surface area contributed by atoms with E-state index in [4.69, 9.17) is 48.6 Å². The Hall–Kier alpha value is -2.95. The van der Waals surface area contributed by atoms with Gasteiger partial charge in [-0.05, 0) is 62.9 Å². The monoisotopic (exact) mass is 570 g/mol. The predicted octanol–water partition coefficient (Wildman–Crippen LogP) is 5.68. The Morgan fingerprint density at radius 1 is 1.10 bits per heavy atom. The van der Waals surface area contributed by atoms with Crippen molar-refractivity contribution in [2.45, 2.75) is 51.1 Å². The van der Waals surface area contributed by atoms with E-state index < -0.39 is 6.23 Å². The van der Waals surface area contributed by atoms with E-state index in [-0.39, 0.29) is 18.0 Å². The summed E-state index contributed by atoms with van der Waals surface area (Å²) >= 11 is 12.8. The maximum atomic E-state index is 9.06. The Bertz CT molecular complexity index is 1310. The second kappa shape index (κ2) is 12.5. The van der Waals surface area contributed by atoms with Gasteiger partial charge in [0.05, 0.1) is 34.1 Å². The summed E-state index contributed by atoms with van der Waals surface area (Å²) in [5, 5.41) is 16.6. The molecule has 206 valence electrons. The van der Waals surface area contributed by atoms with Gasteiger partial charge in [0.15, 0.2) is 6.23 Å². The molecule has 11 heteroatoms. The van der Waals surface area contributed by atoms with Crippen molar-refractivity contribution in [3.05, 3.63) is 75.2 Å². The quantitative estimate of drug-likeness (QED) is 0.191. The van der Waals surface area contributed by atoms with Gasteiger partial charge < -0.3 is 24.8 Å². The van der Waals surface area contributed by atoms with Crippen LogP contribution in [0.3, 0.4) is 0 Å². The fourth-order valence-electron chi connectivity index (χ4n) is 4.64. The molecule has 5 rings (SSSR count). The first-order valence-electron chi connectivity index (χ1n) is 13.0. The molecule has 3 aromatic rings. The first-order chi connectivity index (χ1) is 18.9. The molecule has 0 radical (unpaired) electrons. The number of nitrogens with two attached hydrogens (primary N) is 1. The zero-order chi connectivity index (χ0) is 27.4. The van der Waals surface area contributed by atoms with E-state index in [2.05, 4.69) is 20.6 Å². The Balaban J connectivity index is 1.41. The number of benzene rings is 1. The van der Waals surface area contributed by atoms with Crippen molar-refractivity contribution in [3.8, 4) is 5.75 Å². The second-order valence-corrected chi connectivity index (χ2v) is 10.5. The number of pyridine rings is 2. The van der Waals surface area contributed by atoms with E-state index in [9.17, 15) is 0 Å². The summed E-state index contributed by atoms with van der Waals surface area (Å²) in [4.78, 5) is 8.69. The number of hydrogen-bond acceptors (Lipinski definition) is 9. The minimum absolute atomic E-state index is 0.130. The summed E-state index contributed by atoms with van der Waals surface area (Å²) in [5.74, 6) is 1.21. The van der Waals surface area contributed by atoms with E-state index >= 15 is 0 Å². The normalized spacial score (nSPS) is 19.9. The number of ether oxygens (including phenoxy) is 3. The van der Waals surface area contributed by atoms with Crippen molar-refractivity contribution in [2.75, 3.05) is 30.5 Å². The number of hydrogen-bond donors (Lipinski definition) is 4. The van der Waals surface area contributed by atoms with Crippen molar-refractivity contribution in [1.82, 2.24) is 9.97 Å². The molecule has 2 saturated heterocycles. The maximum absolute atomic E-state index is 9.06. The second-order valence-electron chi connectivity index (χ2n) is 9.68. The predicted molar refractivity (Wildman–Crippen MR) is 153 cm³/mol. The van der Waals surface area contributed by atoms with Gasteiger partial charge in [-0.15, -0.1) is 0 Å². The average molecular weight is 572 g/mol. The molecule has 4 heterocycles. The van der Waals surface area contributed by atoms with Crippen molar-refractivity contribution < 1.29 is 14.2 Å². The van der Waals surface area contributed by atoms with Gasteiger partial charge in [0, 0.05) is 48.0 Å². The Labute approximate surface area is 237 Å². The Morgan fingerprint density at radius 3 is 2.69 bits per heavy atom. The number of aromatic nitrogens is 2. The van der Waals surface area contributed by atoms with Crippen LogP contribution < -0.4 is 21.1 Å². The van der Waals surface area contributed by atoms with E-state index in [0.29, 0.717) is 51.4 Å². The fraction of sp³-hybridized carbons (Fsp3) is 0.393. The van der Waals surface area contributed by atoms with Gasteiger partial charge >= 0.3 is 0 Å². The lowest BCUT2D eigenvalue weighted by atomic mass is 10.0. The third-order valence-corrected chi connectivity index (χ3v) is 7.60. The highest BCUT2D eigenvalue weighted by atomic mass is 35.5. The Morgan fingerprint density at radius 2 is 1.97 bits per heavy atom. The van der Waals surface area contributed by atoms with E-state index in [1.807, 2.05) is 18.2 Å².